The zero-order valence-electron chi connectivity index (χ0n) is 9.32. The molecule has 78 valence electrons. The molecule has 0 radical (unpaired) electrons. The Morgan fingerprint density at radius 1 is 0.938 bits per heavy atom. The Kier molecular flexibility index (Phi) is 1.90. The van der Waals surface area contributed by atoms with Gasteiger partial charge >= 0.3 is 11.2 Å². The van der Waals surface area contributed by atoms with Crippen molar-refractivity contribution in [1.82, 2.24) is 4.98 Å². The van der Waals surface area contributed by atoms with Gasteiger partial charge in [-0.3, -0.25) is 0 Å². The van der Waals surface area contributed by atoms with Gasteiger partial charge in [-0.05, 0) is 37.1 Å². The molecule has 0 saturated heterocycles. The molecule has 16 heavy (non-hydrogen) atoms. The molecule has 0 aliphatic heterocycles. The van der Waals surface area contributed by atoms with Crippen LogP contribution in [0.15, 0.2) is 40.8 Å². The fourth-order valence-electron chi connectivity index (χ4n) is 1.87. The Morgan fingerprint density at radius 3 is 2.62 bits per heavy atom. The standard InChI is InChI=1S/C14H12NO/c1-9-7-8-13-14(10(9)2)15-11-5-3-4-6-12(11)16-13/h3-8H,1-2H3/q+1. The molecule has 0 unspecified atom stereocenters. The lowest BCUT2D eigenvalue weighted by Gasteiger charge is -1.98. The summed E-state index contributed by atoms with van der Waals surface area (Å²) in [6.07, 6.45) is 0. The van der Waals surface area contributed by atoms with Crippen LogP contribution in [0.3, 0.4) is 0 Å². The second kappa shape index (κ2) is 3.27. The zero-order valence-corrected chi connectivity index (χ0v) is 9.32. The molecule has 3 rings (SSSR count). The predicted molar refractivity (Wildman–Crippen MR) is 65.4 cm³/mol. The Morgan fingerprint density at radius 2 is 1.75 bits per heavy atom. The van der Waals surface area contributed by atoms with E-state index in [-0.39, 0.29) is 0 Å². The minimum atomic E-state index is 0.832. The molecule has 0 amide bonds. The Labute approximate surface area is 93.5 Å². The van der Waals surface area contributed by atoms with Crippen LogP contribution in [-0.2, 0) is 0 Å². The first-order chi connectivity index (χ1) is 7.75. The van der Waals surface area contributed by atoms with E-state index in [1.54, 1.807) is 0 Å². The molecule has 0 atom stereocenters. The zero-order chi connectivity index (χ0) is 11.1. The number of benzene rings is 2. The number of rotatable bonds is 0. The van der Waals surface area contributed by atoms with Crippen LogP contribution in [0.4, 0.5) is 0 Å². The summed E-state index contributed by atoms with van der Waals surface area (Å²) in [5.41, 5.74) is 5.97. The van der Waals surface area contributed by atoms with Crippen molar-refractivity contribution in [2.24, 2.45) is 0 Å². The fourth-order valence-corrected chi connectivity index (χ4v) is 1.87. The van der Waals surface area contributed by atoms with Gasteiger partial charge in [-0.15, -0.1) is 0 Å². The van der Waals surface area contributed by atoms with Crippen molar-refractivity contribution >= 4 is 22.2 Å². The first-order valence-corrected chi connectivity index (χ1v) is 5.34. The maximum atomic E-state index is 5.82. The summed E-state index contributed by atoms with van der Waals surface area (Å²) in [6, 6.07) is 11.9. The van der Waals surface area contributed by atoms with Crippen LogP contribution in [0.1, 0.15) is 11.1 Å². The summed E-state index contributed by atoms with van der Waals surface area (Å²) < 4.78 is 5.82. The molecular weight excluding hydrogens is 198 g/mol. The van der Waals surface area contributed by atoms with E-state index < -0.39 is 0 Å². The van der Waals surface area contributed by atoms with Crippen molar-refractivity contribution in [1.29, 1.82) is 0 Å². The highest BCUT2D eigenvalue weighted by Gasteiger charge is 2.15. The highest BCUT2D eigenvalue weighted by Crippen LogP contribution is 2.23. The van der Waals surface area contributed by atoms with Gasteiger partial charge in [-0.1, -0.05) is 12.1 Å². The lowest BCUT2D eigenvalue weighted by Crippen LogP contribution is -1.88. The van der Waals surface area contributed by atoms with Crippen molar-refractivity contribution in [2.45, 2.75) is 13.8 Å². The molecule has 0 saturated carbocycles. The van der Waals surface area contributed by atoms with Gasteiger partial charge in [0.1, 0.15) is 0 Å². The summed E-state index contributed by atoms with van der Waals surface area (Å²) >= 11 is 0. The van der Waals surface area contributed by atoms with E-state index in [0.717, 1.165) is 22.2 Å². The minimum Gasteiger partial charge on any atom is -0.229 e. The van der Waals surface area contributed by atoms with E-state index in [1.165, 1.54) is 11.1 Å². The summed E-state index contributed by atoms with van der Waals surface area (Å²) in [7, 11) is 0. The number of aromatic nitrogens is 1. The van der Waals surface area contributed by atoms with Crippen molar-refractivity contribution in [3.05, 3.63) is 47.5 Å². The SMILES string of the molecule is Cc1ccc2[o+]c3ccccc3nc2c1C. The molecule has 1 aromatic heterocycles. The van der Waals surface area contributed by atoms with E-state index in [4.69, 9.17) is 4.42 Å². The van der Waals surface area contributed by atoms with Crippen LogP contribution in [0, 0.1) is 13.8 Å². The Hall–Kier alpha value is -1.96. The molecule has 2 aromatic carbocycles. The number of aryl methyl sites for hydroxylation is 2. The lowest BCUT2D eigenvalue weighted by atomic mass is 10.1. The largest absolute Gasteiger partial charge is 0.379 e. The van der Waals surface area contributed by atoms with E-state index in [9.17, 15) is 0 Å². The van der Waals surface area contributed by atoms with Crippen LogP contribution in [0.2, 0.25) is 0 Å². The summed E-state index contributed by atoms with van der Waals surface area (Å²) in [5.74, 6) is 0. The molecule has 2 heteroatoms. The highest BCUT2D eigenvalue weighted by molar-refractivity contribution is 5.85. The third-order valence-corrected chi connectivity index (χ3v) is 2.98. The second-order valence-corrected chi connectivity index (χ2v) is 4.04. The minimum absolute atomic E-state index is 0.832. The summed E-state index contributed by atoms with van der Waals surface area (Å²) in [4.78, 5) is 4.64. The number of hydrogen-bond donors (Lipinski definition) is 0. The smallest absolute Gasteiger partial charge is 0.229 e. The Balaban J connectivity index is 2.51. The van der Waals surface area contributed by atoms with Crippen LogP contribution >= 0.6 is 0 Å². The first kappa shape index (κ1) is 9.28. The molecule has 0 bridgehead atoms. The number of hydrogen-bond acceptors (Lipinski definition) is 1. The van der Waals surface area contributed by atoms with Gasteiger partial charge in [-0.2, -0.15) is 0 Å². The van der Waals surface area contributed by atoms with Gasteiger partial charge in [0.25, 0.3) is 0 Å². The average Bonchev–Trinajstić information content (AvgIpc) is 2.32. The fraction of sp³-hybridized carbons (Fsp3) is 0.143. The maximum absolute atomic E-state index is 5.82. The third kappa shape index (κ3) is 1.27. The summed E-state index contributed by atoms with van der Waals surface area (Å²) in [6.45, 7) is 4.17. The van der Waals surface area contributed by atoms with Crippen molar-refractivity contribution in [3.63, 3.8) is 0 Å². The first-order valence-electron chi connectivity index (χ1n) is 5.34. The van der Waals surface area contributed by atoms with Crippen LogP contribution in [0.25, 0.3) is 22.2 Å². The molecule has 2 nitrogen and oxygen atoms in total. The van der Waals surface area contributed by atoms with Gasteiger partial charge in [0, 0.05) is 12.1 Å². The lowest BCUT2D eigenvalue weighted by molar-refractivity contribution is 0.656. The second-order valence-electron chi connectivity index (χ2n) is 4.04. The van der Waals surface area contributed by atoms with Crippen molar-refractivity contribution < 1.29 is 4.42 Å². The van der Waals surface area contributed by atoms with E-state index in [0.29, 0.717) is 0 Å². The molecule has 0 spiro atoms. The van der Waals surface area contributed by atoms with E-state index in [2.05, 4.69) is 24.9 Å². The van der Waals surface area contributed by atoms with Gasteiger partial charge in [-0.25, -0.2) is 9.40 Å². The Bertz CT molecular complexity index is 689. The van der Waals surface area contributed by atoms with E-state index in [1.807, 2.05) is 30.3 Å². The molecule has 0 N–H and O–H groups in total. The predicted octanol–water partition coefficient (Wildman–Crippen LogP) is 3.88. The van der Waals surface area contributed by atoms with Crippen molar-refractivity contribution in [3.8, 4) is 0 Å². The van der Waals surface area contributed by atoms with Gasteiger partial charge < -0.3 is 0 Å². The quantitative estimate of drug-likeness (QED) is 0.415. The van der Waals surface area contributed by atoms with Crippen LogP contribution in [-0.4, -0.2) is 4.98 Å². The molecule has 3 aromatic rings. The van der Waals surface area contributed by atoms with Gasteiger partial charge in [0.15, 0.2) is 11.0 Å². The molecular formula is C14H12NO+. The van der Waals surface area contributed by atoms with Crippen LogP contribution in [0.5, 0.6) is 0 Å². The van der Waals surface area contributed by atoms with Crippen molar-refractivity contribution in [2.75, 3.05) is 0 Å². The average molecular weight is 210 g/mol. The van der Waals surface area contributed by atoms with Gasteiger partial charge in [0.05, 0.1) is 0 Å². The molecule has 0 aliphatic carbocycles. The monoisotopic (exact) mass is 210 g/mol. The number of nitrogens with zero attached hydrogens (tertiary/aromatic N) is 1. The maximum Gasteiger partial charge on any atom is 0.379 e. The number of fused-ring (bicyclic) bond motifs is 2. The third-order valence-electron chi connectivity index (χ3n) is 2.98. The normalized spacial score (nSPS) is 11.1. The topological polar surface area (TPSA) is 24.2 Å². The number of para-hydroxylation sites is 2. The summed E-state index contributed by atoms with van der Waals surface area (Å²) in [5, 5.41) is 0. The molecule has 1 heterocycles. The highest BCUT2D eigenvalue weighted by atomic mass is 16.3. The van der Waals surface area contributed by atoms with Crippen LogP contribution < -0.4 is 0 Å². The van der Waals surface area contributed by atoms with E-state index >= 15 is 0 Å². The molecule has 0 aliphatic rings. The van der Waals surface area contributed by atoms with Gasteiger partial charge in [0.2, 0.25) is 0 Å². The molecule has 0 fully saturated rings.